The predicted octanol–water partition coefficient (Wildman–Crippen LogP) is 2.87. The van der Waals surface area contributed by atoms with E-state index in [9.17, 15) is 8.42 Å². The van der Waals surface area contributed by atoms with E-state index in [-0.39, 0.29) is 9.56 Å². The molecule has 0 aliphatic heterocycles. The van der Waals surface area contributed by atoms with Crippen LogP contribution in [-0.2, 0) is 16.6 Å². The zero-order valence-corrected chi connectivity index (χ0v) is 13.5. The third-order valence-corrected chi connectivity index (χ3v) is 4.86. The quantitative estimate of drug-likeness (QED) is 0.861. The molecule has 1 aromatic carbocycles. The third-order valence-electron chi connectivity index (χ3n) is 2.62. The molecule has 7 heteroatoms. The van der Waals surface area contributed by atoms with Crippen LogP contribution in [0.25, 0.3) is 0 Å². The van der Waals surface area contributed by atoms with Crippen LogP contribution in [-0.4, -0.2) is 15.5 Å². The summed E-state index contributed by atoms with van der Waals surface area (Å²) in [5.41, 5.74) is 1.50. The van der Waals surface area contributed by atoms with E-state index in [1.54, 1.807) is 25.2 Å². The average Bonchev–Trinajstić information content (AvgIpc) is 2.71. The zero-order chi connectivity index (χ0) is 14.8. The minimum Gasteiger partial charge on any atom is -0.451 e. The maximum atomic E-state index is 12.3. The summed E-state index contributed by atoms with van der Waals surface area (Å²) < 4.78 is 32.7. The Hall–Kier alpha value is -1.31. The number of aryl methyl sites for hydroxylation is 1. The Kier molecular flexibility index (Phi) is 4.52. The minimum atomic E-state index is -3.68. The lowest BCUT2D eigenvalue weighted by Crippen LogP contribution is -2.12. The Morgan fingerprint density at radius 1 is 1.30 bits per heavy atom. The Morgan fingerprint density at radius 2 is 2.05 bits per heavy atom. The van der Waals surface area contributed by atoms with Gasteiger partial charge in [-0.15, -0.1) is 0 Å². The molecule has 0 aliphatic rings. The van der Waals surface area contributed by atoms with Gasteiger partial charge < -0.3 is 9.73 Å². The van der Waals surface area contributed by atoms with Crippen molar-refractivity contribution in [2.75, 3.05) is 11.8 Å². The van der Waals surface area contributed by atoms with Crippen LogP contribution in [0.2, 0.25) is 0 Å². The zero-order valence-electron chi connectivity index (χ0n) is 11.1. The van der Waals surface area contributed by atoms with Gasteiger partial charge in [0.1, 0.15) is 10.7 Å². The maximum absolute atomic E-state index is 12.3. The normalized spacial score (nSPS) is 11.6. The van der Waals surface area contributed by atoms with Crippen molar-refractivity contribution in [3.8, 4) is 0 Å². The van der Waals surface area contributed by atoms with Gasteiger partial charge in [-0.05, 0) is 47.6 Å². The number of halogens is 1. The number of sulfonamides is 1. The maximum Gasteiger partial charge on any atom is 0.266 e. The van der Waals surface area contributed by atoms with Crippen molar-refractivity contribution in [2.24, 2.45) is 0 Å². The van der Waals surface area contributed by atoms with Crippen molar-refractivity contribution < 1.29 is 12.8 Å². The molecule has 20 heavy (non-hydrogen) atoms. The number of hydrogen-bond donors (Lipinski definition) is 2. The first kappa shape index (κ1) is 15.1. The third kappa shape index (κ3) is 3.41. The summed E-state index contributed by atoms with van der Waals surface area (Å²) in [7, 11) is -1.92. The van der Waals surface area contributed by atoms with E-state index in [1.165, 1.54) is 6.07 Å². The molecule has 0 saturated carbocycles. The summed E-state index contributed by atoms with van der Waals surface area (Å²) in [5, 5.41) is 2.90. The summed E-state index contributed by atoms with van der Waals surface area (Å²) in [5.74, 6) is 0.545. The van der Waals surface area contributed by atoms with Crippen LogP contribution in [0, 0.1) is 6.92 Å². The highest BCUT2D eigenvalue weighted by Crippen LogP contribution is 2.28. The number of nitrogens with one attached hydrogen (secondary N) is 2. The van der Waals surface area contributed by atoms with Crippen LogP contribution in [0.15, 0.2) is 44.3 Å². The van der Waals surface area contributed by atoms with Gasteiger partial charge in [0.25, 0.3) is 10.0 Å². The van der Waals surface area contributed by atoms with Gasteiger partial charge in [0.2, 0.25) is 0 Å². The monoisotopic (exact) mass is 358 g/mol. The number of anilines is 1. The number of rotatable bonds is 5. The molecule has 2 rings (SSSR count). The van der Waals surface area contributed by atoms with Crippen molar-refractivity contribution in [2.45, 2.75) is 18.4 Å². The van der Waals surface area contributed by atoms with Crippen LogP contribution in [0.3, 0.4) is 0 Å². The lowest BCUT2D eigenvalue weighted by atomic mass is 10.2. The van der Waals surface area contributed by atoms with Gasteiger partial charge in [-0.1, -0.05) is 12.1 Å². The molecule has 1 aromatic heterocycles. The van der Waals surface area contributed by atoms with Gasteiger partial charge in [0.15, 0.2) is 4.67 Å². The van der Waals surface area contributed by atoms with E-state index >= 15 is 0 Å². The topological polar surface area (TPSA) is 71.3 Å². The fraction of sp³-hybridized carbons (Fsp3) is 0.231. The van der Waals surface area contributed by atoms with E-state index < -0.39 is 10.0 Å². The van der Waals surface area contributed by atoms with Crippen molar-refractivity contribution in [3.63, 3.8) is 0 Å². The lowest BCUT2D eigenvalue weighted by molar-refractivity contribution is 0.470. The van der Waals surface area contributed by atoms with Gasteiger partial charge in [0, 0.05) is 11.8 Å². The molecule has 0 fully saturated rings. The summed E-state index contributed by atoms with van der Waals surface area (Å²) in [6.07, 6.45) is 0. The van der Waals surface area contributed by atoms with Gasteiger partial charge in [-0.2, -0.15) is 0 Å². The van der Waals surface area contributed by atoms with Crippen LogP contribution < -0.4 is 10.0 Å². The minimum absolute atomic E-state index is 0.0873. The van der Waals surface area contributed by atoms with Crippen LogP contribution in [0.5, 0.6) is 0 Å². The van der Waals surface area contributed by atoms with E-state index in [4.69, 9.17) is 4.42 Å². The van der Waals surface area contributed by atoms with E-state index in [0.29, 0.717) is 18.0 Å². The van der Waals surface area contributed by atoms with Crippen molar-refractivity contribution in [1.29, 1.82) is 0 Å². The largest absolute Gasteiger partial charge is 0.451 e. The molecular formula is C13H15BrN2O3S. The Balaban J connectivity index is 2.30. The van der Waals surface area contributed by atoms with E-state index in [1.807, 2.05) is 13.0 Å². The molecule has 0 unspecified atom stereocenters. The molecule has 0 atom stereocenters. The standard InChI is InChI=1S/C13H15BrN2O3S/c1-9-4-3-5-10(6-9)16-20(17,18)12-7-11(8-15-2)19-13(12)14/h3-7,15-16H,8H2,1-2H3. The van der Waals surface area contributed by atoms with Crippen molar-refractivity contribution >= 4 is 31.6 Å². The van der Waals surface area contributed by atoms with E-state index in [2.05, 4.69) is 26.0 Å². The predicted molar refractivity (Wildman–Crippen MR) is 81.2 cm³/mol. The number of benzene rings is 1. The summed E-state index contributed by atoms with van der Waals surface area (Å²) in [6.45, 7) is 2.36. The van der Waals surface area contributed by atoms with Gasteiger partial charge in [-0.25, -0.2) is 8.42 Å². The Labute approximate surface area is 126 Å². The summed E-state index contributed by atoms with van der Waals surface area (Å²) >= 11 is 3.14. The molecule has 0 saturated heterocycles. The van der Waals surface area contributed by atoms with Crippen LogP contribution in [0.1, 0.15) is 11.3 Å². The molecular weight excluding hydrogens is 344 g/mol. The van der Waals surface area contributed by atoms with Crippen LogP contribution >= 0.6 is 15.9 Å². The highest BCUT2D eigenvalue weighted by atomic mass is 79.9. The highest BCUT2D eigenvalue weighted by Gasteiger charge is 2.22. The second-order valence-corrected chi connectivity index (χ2v) is 6.73. The molecule has 2 aromatic rings. The van der Waals surface area contributed by atoms with Crippen molar-refractivity contribution in [1.82, 2.24) is 5.32 Å². The smallest absolute Gasteiger partial charge is 0.266 e. The molecule has 0 radical (unpaired) electrons. The lowest BCUT2D eigenvalue weighted by Gasteiger charge is -2.07. The summed E-state index contributed by atoms with van der Waals surface area (Å²) in [4.78, 5) is 0.0873. The molecule has 0 spiro atoms. The molecule has 5 nitrogen and oxygen atoms in total. The molecule has 1 heterocycles. The Morgan fingerprint density at radius 3 is 2.70 bits per heavy atom. The SMILES string of the molecule is CNCc1cc(S(=O)(=O)Nc2cccc(C)c2)c(Br)o1. The van der Waals surface area contributed by atoms with Gasteiger partial charge in [-0.3, -0.25) is 4.72 Å². The first-order valence-electron chi connectivity index (χ1n) is 5.94. The van der Waals surface area contributed by atoms with E-state index in [0.717, 1.165) is 5.56 Å². The fourth-order valence-electron chi connectivity index (χ4n) is 1.76. The second-order valence-electron chi connectivity index (χ2n) is 4.36. The number of hydrogen-bond acceptors (Lipinski definition) is 4. The molecule has 0 bridgehead atoms. The van der Waals surface area contributed by atoms with Gasteiger partial charge >= 0.3 is 0 Å². The molecule has 0 amide bonds. The van der Waals surface area contributed by atoms with Gasteiger partial charge in [0.05, 0.1) is 6.54 Å². The highest BCUT2D eigenvalue weighted by molar-refractivity contribution is 9.10. The molecule has 108 valence electrons. The van der Waals surface area contributed by atoms with Crippen LogP contribution in [0.4, 0.5) is 5.69 Å². The first-order valence-corrected chi connectivity index (χ1v) is 8.22. The molecule has 2 N–H and O–H groups in total. The first-order chi connectivity index (χ1) is 9.42. The fourth-order valence-corrected chi connectivity index (χ4v) is 3.81. The average molecular weight is 359 g/mol. The number of furan rings is 1. The Bertz CT molecular complexity index is 710. The second kappa shape index (κ2) is 5.99. The van der Waals surface area contributed by atoms with Crippen molar-refractivity contribution in [3.05, 3.63) is 46.3 Å². The molecule has 0 aliphatic carbocycles. The summed E-state index contributed by atoms with van der Waals surface area (Å²) in [6, 6.07) is 8.66.